The summed E-state index contributed by atoms with van der Waals surface area (Å²) in [5.74, 6) is 1.13. The van der Waals surface area contributed by atoms with Gasteiger partial charge in [-0.15, -0.1) is 0 Å². The molecule has 0 aliphatic carbocycles. The molecule has 3 fully saturated rings. The zero-order valence-electron chi connectivity index (χ0n) is 14.8. The van der Waals surface area contributed by atoms with Crippen LogP contribution in [0.5, 0.6) is 0 Å². The van der Waals surface area contributed by atoms with E-state index in [1.54, 1.807) is 0 Å². The van der Waals surface area contributed by atoms with Crippen LogP contribution < -0.4 is 5.32 Å². The molecule has 132 valence electrons. The second kappa shape index (κ2) is 7.95. The number of rotatable bonds is 4. The predicted molar refractivity (Wildman–Crippen MR) is 91.4 cm³/mol. The van der Waals surface area contributed by atoms with E-state index in [9.17, 15) is 4.79 Å². The summed E-state index contributed by atoms with van der Waals surface area (Å²) in [5.41, 5.74) is 0. The average Bonchev–Trinajstić information content (AvgIpc) is 3.06. The van der Waals surface area contributed by atoms with E-state index < -0.39 is 0 Å². The molecule has 2 unspecified atom stereocenters. The third-order valence-electron chi connectivity index (χ3n) is 5.63. The van der Waals surface area contributed by atoms with Crippen molar-refractivity contribution in [1.29, 1.82) is 0 Å². The number of hydrogen-bond donors (Lipinski definition) is 1. The monoisotopic (exact) mass is 323 g/mol. The first-order valence-corrected chi connectivity index (χ1v) is 9.52. The van der Waals surface area contributed by atoms with Crippen LogP contribution in [0.1, 0.15) is 46.0 Å². The minimum atomic E-state index is 0.0999. The number of amides is 1. The first-order chi connectivity index (χ1) is 11.1. The van der Waals surface area contributed by atoms with Gasteiger partial charge in [-0.2, -0.15) is 0 Å². The van der Waals surface area contributed by atoms with E-state index >= 15 is 0 Å². The maximum Gasteiger partial charge on any atom is 0.239 e. The summed E-state index contributed by atoms with van der Waals surface area (Å²) in [6.07, 6.45) is 6.50. The molecule has 1 N–H and O–H groups in total. The van der Waals surface area contributed by atoms with E-state index in [0.29, 0.717) is 18.1 Å². The molecular weight excluding hydrogens is 290 g/mol. The normalized spacial score (nSPS) is 34.0. The Morgan fingerprint density at radius 2 is 1.83 bits per heavy atom. The van der Waals surface area contributed by atoms with Gasteiger partial charge in [0.2, 0.25) is 5.91 Å². The van der Waals surface area contributed by atoms with Gasteiger partial charge in [0.25, 0.3) is 0 Å². The number of nitrogens with one attached hydrogen (secondary N) is 1. The topological polar surface area (TPSA) is 44.8 Å². The number of piperidine rings is 1. The molecule has 0 bridgehead atoms. The van der Waals surface area contributed by atoms with Gasteiger partial charge in [0, 0.05) is 26.2 Å². The molecule has 3 rings (SSSR count). The summed E-state index contributed by atoms with van der Waals surface area (Å²) in [6, 6.07) is 0.0999. The highest BCUT2D eigenvalue weighted by molar-refractivity contribution is 5.82. The Labute approximate surface area is 140 Å². The fraction of sp³-hybridized carbons (Fsp3) is 0.944. The summed E-state index contributed by atoms with van der Waals surface area (Å²) in [4.78, 5) is 17.1. The standard InChI is InChI=1S/C18H33N3O2/c1-14-12-20(13-15(2)23-14)9-5-16-6-10-21(11-7-16)18(22)17-4-3-8-19-17/h14-17,19H,3-13H2,1-2H3/t14?,15?,17-/m0/s1. The lowest BCUT2D eigenvalue weighted by Gasteiger charge is -2.37. The smallest absolute Gasteiger partial charge is 0.239 e. The minimum absolute atomic E-state index is 0.0999. The Bertz CT molecular complexity index is 380. The number of carbonyl (C=O) groups is 1. The summed E-state index contributed by atoms with van der Waals surface area (Å²) in [6.45, 7) is 10.6. The van der Waals surface area contributed by atoms with Crippen molar-refractivity contribution in [3.8, 4) is 0 Å². The Morgan fingerprint density at radius 3 is 2.43 bits per heavy atom. The molecule has 0 radical (unpaired) electrons. The van der Waals surface area contributed by atoms with Crippen LogP contribution >= 0.6 is 0 Å². The van der Waals surface area contributed by atoms with Crippen LogP contribution in [0.2, 0.25) is 0 Å². The predicted octanol–water partition coefficient (Wildman–Crippen LogP) is 1.48. The number of nitrogens with zero attached hydrogens (tertiary/aromatic N) is 2. The molecule has 3 aliphatic rings. The van der Waals surface area contributed by atoms with Crippen molar-refractivity contribution in [2.24, 2.45) is 5.92 Å². The molecule has 5 heteroatoms. The zero-order valence-corrected chi connectivity index (χ0v) is 14.8. The first-order valence-electron chi connectivity index (χ1n) is 9.52. The minimum Gasteiger partial charge on any atom is -0.373 e. The number of morpholine rings is 1. The highest BCUT2D eigenvalue weighted by atomic mass is 16.5. The Balaban J connectivity index is 1.36. The van der Waals surface area contributed by atoms with Crippen LogP contribution in [0.15, 0.2) is 0 Å². The lowest BCUT2D eigenvalue weighted by atomic mass is 9.92. The van der Waals surface area contributed by atoms with Gasteiger partial charge in [0.15, 0.2) is 0 Å². The lowest BCUT2D eigenvalue weighted by Crippen LogP contribution is -2.48. The van der Waals surface area contributed by atoms with E-state index in [2.05, 4.69) is 29.0 Å². The van der Waals surface area contributed by atoms with E-state index in [1.807, 2.05) is 0 Å². The Kier molecular flexibility index (Phi) is 5.94. The Morgan fingerprint density at radius 1 is 1.13 bits per heavy atom. The van der Waals surface area contributed by atoms with Crippen molar-refractivity contribution >= 4 is 5.91 Å². The van der Waals surface area contributed by atoms with Crippen LogP contribution in [0.25, 0.3) is 0 Å². The van der Waals surface area contributed by atoms with Gasteiger partial charge in [-0.05, 0) is 65.0 Å². The molecular formula is C18H33N3O2. The lowest BCUT2D eigenvalue weighted by molar-refractivity contribution is -0.134. The summed E-state index contributed by atoms with van der Waals surface area (Å²) in [5, 5.41) is 3.33. The van der Waals surface area contributed by atoms with E-state index in [1.165, 1.54) is 25.8 Å². The van der Waals surface area contributed by atoms with E-state index in [-0.39, 0.29) is 6.04 Å². The number of ether oxygens (including phenoxy) is 1. The summed E-state index contributed by atoms with van der Waals surface area (Å²) >= 11 is 0. The van der Waals surface area contributed by atoms with Gasteiger partial charge >= 0.3 is 0 Å². The second-order valence-corrected chi connectivity index (χ2v) is 7.72. The zero-order chi connectivity index (χ0) is 16.2. The molecule has 0 saturated carbocycles. The molecule has 0 aromatic carbocycles. The van der Waals surface area contributed by atoms with Gasteiger partial charge in [-0.3, -0.25) is 9.69 Å². The number of carbonyl (C=O) groups excluding carboxylic acids is 1. The van der Waals surface area contributed by atoms with Gasteiger partial charge in [-0.25, -0.2) is 0 Å². The molecule has 23 heavy (non-hydrogen) atoms. The molecule has 3 atom stereocenters. The van der Waals surface area contributed by atoms with Crippen molar-refractivity contribution in [2.45, 2.75) is 64.2 Å². The quantitative estimate of drug-likeness (QED) is 0.851. The van der Waals surface area contributed by atoms with Crippen molar-refractivity contribution in [3.63, 3.8) is 0 Å². The fourth-order valence-corrected chi connectivity index (χ4v) is 4.39. The SMILES string of the molecule is CC1CN(CCC2CCN(C(=O)[C@@H]3CCCN3)CC2)CC(C)O1. The summed E-state index contributed by atoms with van der Waals surface area (Å²) < 4.78 is 5.81. The van der Waals surface area contributed by atoms with E-state index in [4.69, 9.17) is 4.74 Å². The maximum absolute atomic E-state index is 12.4. The van der Waals surface area contributed by atoms with Crippen molar-refractivity contribution in [1.82, 2.24) is 15.1 Å². The van der Waals surface area contributed by atoms with Crippen LogP contribution in [0.4, 0.5) is 0 Å². The van der Waals surface area contributed by atoms with Crippen LogP contribution in [-0.2, 0) is 9.53 Å². The average molecular weight is 323 g/mol. The molecule has 3 heterocycles. The molecule has 3 aliphatic heterocycles. The number of likely N-dealkylation sites (tertiary alicyclic amines) is 1. The first kappa shape index (κ1) is 17.2. The van der Waals surface area contributed by atoms with Crippen LogP contribution in [0.3, 0.4) is 0 Å². The van der Waals surface area contributed by atoms with Crippen molar-refractivity contribution < 1.29 is 9.53 Å². The Hall–Kier alpha value is -0.650. The highest BCUT2D eigenvalue weighted by Gasteiger charge is 2.30. The molecule has 0 aromatic rings. The molecule has 1 amide bonds. The van der Waals surface area contributed by atoms with Gasteiger partial charge < -0.3 is 15.0 Å². The highest BCUT2D eigenvalue weighted by Crippen LogP contribution is 2.23. The van der Waals surface area contributed by atoms with Gasteiger partial charge in [-0.1, -0.05) is 0 Å². The maximum atomic E-state index is 12.4. The molecule has 0 aromatic heterocycles. The molecule has 0 spiro atoms. The third kappa shape index (κ3) is 4.68. The third-order valence-corrected chi connectivity index (χ3v) is 5.63. The molecule has 3 saturated heterocycles. The van der Waals surface area contributed by atoms with Crippen molar-refractivity contribution in [2.75, 3.05) is 39.3 Å². The van der Waals surface area contributed by atoms with E-state index in [0.717, 1.165) is 51.5 Å². The van der Waals surface area contributed by atoms with Gasteiger partial charge in [0.05, 0.1) is 18.2 Å². The fourth-order valence-electron chi connectivity index (χ4n) is 4.39. The second-order valence-electron chi connectivity index (χ2n) is 7.72. The number of hydrogen-bond acceptors (Lipinski definition) is 4. The molecule has 5 nitrogen and oxygen atoms in total. The largest absolute Gasteiger partial charge is 0.373 e. The van der Waals surface area contributed by atoms with Crippen molar-refractivity contribution in [3.05, 3.63) is 0 Å². The summed E-state index contributed by atoms with van der Waals surface area (Å²) in [7, 11) is 0. The van der Waals surface area contributed by atoms with Crippen LogP contribution in [-0.4, -0.2) is 73.2 Å². The van der Waals surface area contributed by atoms with Crippen LogP contribution in [0, 0.1) is 5.92 Å². The van der Waals surface area contributed by atoms with Gasteiger partial charge in [0.1, 0.15) is 0 Å².